The van der Waals surface area contributed by atoms with Gasteiger partial charge in [0.05, 0.1) is 5.54 Å². The number of thiophene rings is 1. The Bertz CT molecular complexity index is 430. The molecule has 0 radical (unpaired) electrons. The van der Waals surface area contributed by atoms with Gasteiger partial charge in [0.15, 0.2) is 5.78 Å². The molecule has 0 bridgehead atoms. The number of carbonyl (C=O) groups is 1. The van der Waals surface area contributed by atoms with Crippen LogP contribution in [0.15, 0.2) is 12.1 Å². The first-order valence-corrected chi connectivity index (χ1v) is 8.18. The van der Waals surface area contributed by atoms with E-state index in [2.05, 4.69) is 38.1 Å². The van der Waals surface area contributed by atoms with Crippen molar-refractivity contribution in [3.05, 3.63) is 21.9 Å². The van der Waals surface area contributed by atoms with E-state index in [1.165, 1.54) is 29.0 Å². The maximum Gasteiger partial charge on any atom is 0.158 e. The fourth-order valence-electron chi connectivity index (χ4n) is 3.14. The molecule has 1 aromatic heterocycles. The molecular formula is C16H25NOS. The Balaban J connectivity index is 2.11. The van der Waals surface area contributed by atoms with Crippen LogP contribution in [0.3, 0.4) is 0 Å². The van der Waals surface area contributed by atoms with Gasteiger partial charge in [-0.15, -0.1) is 11.3 Å². The number of rotatable bonds is 5. The van der Waals surface area contributed by atoms with E-state index in [4.69, 9.17) is 0 Å². The minimum atomic E-state index is -0.200. The third-order valence-corrected chi connectivity index (χ3v) is 5.69. The molecule has 0 aliphatic heterocycles. The summed E-state index contributed by atoms with van der Waals surface area (Å²) in [6.07, 6.45) is 7.40. The van der Waals surface area contributed by atoms with Crippen LogP contribution in [0, 0.1) is 0 Å². The molecule has 0 spiro atoms. The molecule has 0 unspecified atom stereocenters. The molecule has 1 aliphatic carbocycles. The molecule has 3 heteroatoms. The molecule has 1 heterocycles. The van der Waals surface area contributed by atoms with E-state index >= 15 is 0 Å². The monoisotopic (exact) mass is 279 g/mol. The second-order valence-corrected chi connectivity index (χ2v) is 7.06. The largest absolute Gasteiger partial charge is 0.297 e. The van der Waals surface area contributed by atoms with Gasteiger partial charge >= 0.3 is 0 Å². The maximum absolute atomic E-state index is 12.8. The fraction of sp³-hybridized carbons (Fsp3) is 0.688. The first-order chi connectivity index (χ1) is 9.08. The second kappa shape index (κ2) is 6.19. The molecule has 2 nitrogen and oxygen atoms in total. The molecule has 0 aromatic carbocycles. The van der Waals surface area contributed by atoms with Gasteiger partial charge in [0.2, 0.25) is 0 Å². The summed E-state index contributed by atoms with van der Waals surface area (Å²) in [6.45, 7) is 2.17. The Morgan fingerprint density at radius 2 is 1.84 bits per heavy atom. The fourth-order valence-corrected chi connectivity index (χ4v) is 4.10. The average Bonchev–Trinajstić information content (AvgIpc) is 2.87. The third-order valence-electron chi connectivity index (χ3n) is 4.46. The summed E-state index contributed by atoms with van der Waals surface area (Å²) in [5.74, 6) is 0.418. The lowest BCUT2D eigenvalue weighted by Gasteiger charge is -2.41. The summed E-state index contributed by atoms with van der Waals surface area (Å²) in [6, 6.07) is 4.30. The Morgan fingerprint density at radius 1 is 1.21 bits per heavy atom. The zero-order chi connectivity index (χ0) is 13.9. The van der Waals surface area contributed by atoms with Gasteiger partial charge in [-0.25, -0.2) is 0 Å². The zero-order valence-electron chi connectivity index (χ0n) is 12.4. The van der Waals surface area contributed by atoms with E-state index in [0.717, 1.165) is 19.3 Å². The van der Waals surface area contributed by atoms with Gasteiger partial charge in [-0.05, 0) is 45.5 Å². The molecule has 106 valence electrons. The summed E-state index contributed by atoms with van der Waals surface area (Å²) in [4.78, 5) is 17.6. The van der Waals surface area contributed by atoms with Gasteiger partial charge in [-0.2, -0.15) is 0 Å². The number of Topliss-reactive ketones (excluding diaryl/α,β-unsaturated/α-hetero) is 1. The van der Waals surface area contributed by atoms with Crippen LogP contribution in [0.2, 0.25) is 0 Å². The van der Waals surface area contributed by atoms with Crippen molar-refractivity contribution >= 4 is 17.1 Å². The smallest absolute Gasteiger partial charge is 0.158 e. The van der Waals surface area contributed by atoms with E-state index in [-0.39, 0.29) is 5.54 Å². The number of hydrogen-bond donors (Lipinski definition) is 0. The topological polar surface area (TPSA) is 20.3 Å². The summed E-state index contributed by atoms with van der Waals surface area (Å²) in [5, 5.41) is 0. The van der Waals surface area contributed by atoms with Crippen molar-refractivity contribution in [3.63, 3.8) is 0 Å². The van der Waals surface area contributed by atoms with Crippen molar-refractivity contribution in [2.75, 3.05) is 14.1 Å². The lowest BCUT2D eigenvalue weighted by Crippen LogP contribution is -2.53. The summed E-state index contributed by atoms with van der Waals surface area (Å²) in [7, 11) is 4.13. The number of ketones is 1. The number of likely N-dealkylation sites (N-methyl/N-ethyl adjacent to an activating group) is 1. The van der Waals surface area contributed by atoms with E-state index in [0.29, 0.717) is 12.2 Å². The van der Waals surface area contributed by atoms with Crippen molar-refractivity contribution in [1.29, 1.82) is 0 Å². The SMILES string of the molecule is CCc1ccc(CC(=O)C2(N(C)C)CCCCC2)s1. The van der Waals surface area contributed by atoms with Gasteiger partial charge in [-0.3, -0.25) is 9.69 Å². The molecule has 0 N–H and O–H groups in total. The highest BCUT2D eigenvalue weighted by Gasteiger charge is 2.40. The molecule has 0 saturated heterocycles. The van der Waals surface area contributed by atoms with Crippen molar-refractivity contribution in [2.45, 2.75) is 57.4 Å². The Morgan fingerprint density at radius 3 is 2.37 bits per heavy atom. The second-order valence-electron chi connectivity index (χ2n) is 5.81. The van der Waals surface area contributed by atoms with E-state index < -0.39 is 0 Å². The van der Waals surface area contributed by atoms with Gasteiger partial charge in [0, 0.05) is 16.2 Å². The summed E-state index contributed by atoms with van der Waals surface area (Å²) >= 11 is 1.80. The molecule has 0 atom stereocenters. The Kier molecular flexibility index (Phi) is 4.80. The summed E-state index contributed by atoms with van der Waals surface area (Å²) in [5.41, 5.74) is -0.200. The van der Waals surface area contributed by atoms with Crippen molar-refractivity contribution in [3.8, 4) is 0 Å². The predicted octanol–water partition coefficient (Wildman–Crippen LogP) is 3.69. The van der Waals surface area contributed by atoms with Crippen molar-refractivity contribution in [2.24, 2.45) is 0 Å². The molecular weight excluding hydrogens is 254 g/mol. The molecule has 0 amide bonds. The lowest BCUT2D eigenvalue weighted by molar-refractivity contribution is -0.131. The van der Waals surface area contributed by atoms with Crippen LogP contribution in [0.5, 0.6) is 0 Å². The van der Waals surface area contributed by atoms with Crippen LogP contribution in [0.4, 0.5) is 0 Å². The van der Waals surface area contributed by atoms with Crippen LogP contribution < -0.4 is 0 Å². The highest BCUT2D eigenvalue weighted by atomic mass is 32.1. The van der Waals surface area contributed by atoms with E-state index in [1.54, 1.807) is 11.3 Å². The van der Waals surface area contributed by atoms with E-state index in [1.807, 2.05) is 0 Å². The average molecular weight is 279 g/mol. The van der Waals surface area contributed by atoms with E-state index in [9.17, 15) is 4.79 Å². The van der Waals surface area contributed by atoms with Crippen LogP contribution in [0.25, 0.3) is 0 Å². The van der Waals surface area contributed by atoms with Crippen LogP contribution >= 0.6 is 11.3 Å². The molecule has 2 rings (SSSR count). The standard InChI is InChI=1S/C16H25NOS/c1-4-13-8-9-14(19-13)12-15(18)16(17(2)3)10-6-5-7-11-16/h8-9H,4-7,10-12H2,1-3H3. The molecule has 1 aromatic rings. The predicted molar refractivity (Wildman–Crippen MR) is 81.9 cm³/mol. The zero-order valence-corrected chi connectivity index (χ0v) is 13.2. The summed E-state index contributed by atoms with van der Waals surface area (Å²) < 4.78 is 0. The maximum atomic E-state index is 12.8. The van der Waals surface area contributed by atoms with Gasteiger partial charge < -0.3 is 0 Å². The molecule has 1 saturated carbocycles. The van der Waals surface area contributed by atoms with Crippen molar-refractivity contribution in [1.82, 2.24) is 4.90 Å². The number of hydrogen-bond acceptors (Lipinski definition) is 3. The van der Waals surface area contributed by atoms with Crippen LogP contribution in [-0.2, 0) is 17.6 Å². The highest BCUT2D eigenvalue weighted by molar-refractivity contribution is 7.12. The van der Waals surface area contributed by atoms with Gasteiger partial charge in [-0.1, -0.05) is 26.2 Å². The van der Waals surface area contributed by atoms with Crippen molar-refractivity contribution < 1.29 is 4.79 Å². The highest BCUT2D eigenvalue weighted by Crippen LogP contribution is 2.34. The number of aryl methyl sites for hydroxylation is 1. The molecule has 1 aliphatic rings. The van der Waals surface area contributed by atoms with Gasteiger partial charge in [0.25, 0.3) is 0 Å². The lowest BCUT2D eigenvalue weighted by atomic mass is 9.76. The quantitative estimate of drug-likeness (QED) is 0.819. The Hall–Kier alpha value is -0.670. The van der Waals surface area contributed by atoms with Gasteiger partial charge in [0.1, 0.15) is 0 Å². The van der Waals surface area contributed by atoms with Crippen LogP contribution in [0.1, 0.15) is 48.8 Å². The number of carbonyl (C=O) groups excluding carboxylic acids is 1. The number of nitrogens with zero attached hydrogens (tertiary/aromatic N) is 1. The normalized spacial score (nSPS) is 18.7. The third kappa shape index (κ3) is 3.09. The molecule has 19 heavy (non-hydrogen) atoms. The minimum Gasteiger partial charge on any atom is -0.297 e. The van der Waals surface area contributed by atoms with Crippen LogP contribution in [-0.4, -0.2) is 30.3 Å². The first kappa shape index (κ1) is 14.7. The molecule has 1 fully saturated rings. The minimum absolute atomic E-state index is 0.200. The Labute approximate surface area is 120 Å². The first-order valence-electron chi connectivity index (χ1n) is 7.37.